The lowest BCUT2D eigenvalue weighted by Crippen LogP contribution is -2.30. The van der Waals surface area contributed by atoms with Crippen LogP contribution >= 0.6 is 0 Å². The van der Waals surface area contributed by atoms with Gasteiger partial charge in [-0.3, -0.25) is 4.79 Å². The van der Waals surface area contributed by atoms with Crippen molar-refractivity contribution in [2.75, 3.05) is 6.54 Å². The van der Waals surface area contributed by atoms with Crippen molar-refractivity contribution in [3.63, 3.8) is 0 Å². The maximum absolute atomic E-state index is 12.3. The molecule has 3 heteroatoms. The third-order valence-corrected chi connectivity index (χ3v) is 5.09. The Labute approximate surface area is 124 Å². The fourth-order valence-corrected chi connectivity index (χ4v) is 3.86. The minimum absolute atomic E-state index is 0.0462. The summed E-state index contributed by atoms with van der Waals surface area (Å²) in [6.45, 7) is 0.801. The molecule has 21 heavy (non-hydrogen) atoms. The van der Waals surface area contributed by atoms with E-state index in [2.05, 4.69) is 23.5 Å². The van der Waals surface area contributed by atoms with E-state index in [4.69, 9.17) is 0 Å². The highest BCUT2D eigenvalue weighted by Gasteiger charge is 2.35. The largest absolute Gasteiger partial charge is 0.352 e. The molecule has 0 spiro atoms. The summed E-state index contributed by atoms with van der Waals surface area (Å²) >= 11 is 0. The van der Waals surface area contributed by atoms with Crippen LogP contribution in [0.4, 0.5) is 0 Å². The Bertz CT molecular complexity index is 728. The highest BCUT2D eigenvalue weighted by Crippen LogP contribution is 2.42. The highest BCUT2D eigenvalue weighted by atomic mass is 16.1. The SMILES string of the molecule is Cn1ccc2ccc(C(=O)NC[C@@H]3C[C@@H]4C=C[C@H]3C4)cc21. The van der Waals surface area contributed by atoms with Gasteiger partial charge >= 0.3 is 0 Å². The molecule has 1 fully saturated rings. The number of hydrogen-bond donors (Lipinski definition) is 1. The monoisotopic (exact) mass is 280 g/mol. The summed E-state index contributed by atoms with van der Waals surface area (Å²) in [5.74, 6) is 2.12. The van der Waals surface area contributed by atoms with E-state index >= 15 is 0 Å². The smallest absolute Gasteiger partial charge is 0.251 e. The number of aromatic nitrogens is 1. The second kappa shape index (κ2) is 4.76. The number of nitrogens with zero attached hydrogens (tertiary/aromatic N) is 1. The lowest BCUT2D eigenvalue weighted by Gasteiger charge is -2.18. The van der Waals surface area contributed by atoms with Crippen molar-refractivity contribution in [1.29, 1.82) is 0 Å². The lowest BCUT2D eigenvalue weighted by molar-refractivity contribution is 0.0945. The van der Waals surface area contributed by atoms with Crippen molar-refractivity contribution < 1.29 is 4.79 Å². The van der Waals surface area contributed by atoms with Crippen LogP contribution in [0.1, 0.15) is 23.2 Å². The van der Waals surface area contributed by atoms with Crippen LogP contribution in [0.5, 0.6) is 0 Å². The van der Waals surface area contributed by atoms with Gasteiger partial charge in [-0.15, -0.1) is 0 Å². The summed E-state index contributed by atoms with van der Waals surface area (Å²) in [7, 11) is 2.01. The first kappa shape index (κ1) is 12.7. The Morgan fingerprint density at radius 2 is 2.19 bits per heavy atom. The lowest BCUT2D eigenvalue weighted by atomic mass is 9.93. The van der Waals surface area contributed by atoms with Gasteiger partial charge in [0.15, 0.2) is 0 Å². The second-order valence-corrected chi connectivity index (χ2v) is 6.45. The zero-order valence-corrected chi connectivity index (χ0v) is 12.3. The van der Waals surface area contributed by atoms with Gasteiger partial charge in [0.25, 0.3) is 5.91 Å². The van der Waals surface area contributed by atoms with Crippen LogP contribution in [-0.4, -0.2) is 17.0 Å². The van der Waals surface area contributed by atoms with Gasteiger partial charge in [-0.1, -0.05) is 18.2 Å². The van der Waals surface area contributed by atoms with E-state index in [-0.39, 0.29) is 5.91 Å². The Morgan fingerprint density at radius 1 is 1.29 bits per heavy atom. The summed E-state index contributed by atoms with van der Waals surface area (Å²) in [6.07, 6.45) is 9.22. The van der Waals surface area contributed by atoms with Crippen molar-refractivity contribution in [2.45, 2.75) is 12.8 Å². The molecule has 2 bridgehead atoms. The number of amides is 1. The van der Waals surface area contributed by atoms with Crippen LogP contribution in [0, 0.1) is 17.8 Å². The molecule has 1 heterocycles. The Kier molecular flexibility index (Phi) is 2.88. The molecular formula is C18H20N2O. The summed E-state index contributed by atoms with van der Waals surface area (Å²) in [6, 6.07) is 7.98. The Morgan fingerprint density at radius 3 is 2.95 bits per heavy atom. The molecule has 1 N–H and O–H groups in total. The van der Waals surface area contributed by atoms with Crippen LogP contribution in [0.15, 0.2) is 42.6 Å². The van der Waals surface area contributed by atoms with Gasteiger partial charge in [-0.2, -0.15) is 0 Å². The summed E-state index contributed by atoms with van der Waals surface area (Å²) < 4.78 is 2.05. The van der Waals surface area contributed by atoms with Crippen molar-refractivity contribution >= 4 is 16.8 Å². The molecule has 108 valence electrons. The van der Waals surface area contributed by atoms with E-state index in [0.29, 0.717) is 11.8 Å². The van der Waals surface area contributed by atoms with Gasteiger partial charge < -0.3 is 9.88 Å². The van der Waals surface area contributed by atoms with E-state index in [1.165, 1.54) is 18.2 Å². The molecular weight excluding hydrogens is 260 g/mol. The molecule has 1 amide bonds. The van der Waals surface area contributed by atoms with Gasteiger partial charge in [-0.05, 0) is 54.2 Å². The average molecular weight is 280 g/mol. The van der Waals surface area contributed by atoms with Crippen molar-refractivity contribution in [1.82, 2.24) is 9.88 Å². The standard InChI is InChI=1S/C18H20N2O/c1-20-7-6-13-4-5-15(10-17(13)20)18(21)19-11-16-9-12-2-3-14(16)8-12/h2-7,10,12,14,16H,8-9,11H2,1H3,(H,19,21)/t12-,14+,16+/m1/s1. The first-order valence-electron chi connectivity index (χ1n) is 7.72. The van der Waals surface area contributed by atoms with Gasteiger partial charge in [0.2, 0.25) is 0 Å². The summed E-state index contributed by atoms with van der Waals surface area (Å²) in [5.41, 5.74) is 1.86. The number of carbonyl (C=O) groups is 1. The molecule has 0 radical (unpaired) electrons. The first-order chi connectivity index (χ1) is 10.2. The maximum Gasteiger partial charge on any atom is 0.251 e. The molecule has 3 nitrogen and oxygen atoms in total. The number of nitrogens with one attached hydrogen (secondary N) is 1. The van der Waals surface area contributed by atoms with Crippen LogP contribution in [0.25, 0.3) is 10.9 Å². The number of fused-ring (bicyclic) bond motifs is 3. The van der Waals surface area contributed by atoms with E-state index < -0.39 is 0 Å². The topological polar surface area (TPSA) is 34.0 Å². The molecule has 4 rings (SSSR count). The predicted molar refractivity (Wildman–Crippen MR) is 84.1 cm³/mol. The molecule has 1 aromatic heterocycles. The van der Waals surface area contributed by atoms with Crippen LogP contribution in [0.3, 0.4) is 0 Å². The van der Waals surface area contributed by atoms with Crippen LogP contribution in [-0.2, 0) is 7.05 Å². The maximum atomic E-state index is 12.3. The average Bonchev–Trinajstić information content (AvgIpc) is 3.20. The summed E-state index contributed by atoms with van der Waals surface area (Å²) in [4.78, 5) is 12.3. The third-order valence-electron chi connectivity index (χ3n) is 5.09. The molecule has 2 aliphatic carbocycles. The number of carbonyl (C=O) groups excluding carboxylic acids is 1. The van der Waals surface area contributed by atoms with Crippen molar-refractivity contribution in [3.05, 3.63) is 48.2 Å². The number of hydrogen-bond acceptors (Lipinski definition) is 1. The van der Waals surface area contributed by atoms with Gasteiger partial charge in [0.05, 0.1) is 0 Å². The quantitative estimate of drug-likeness (QED) is 0.861. The van der Waals surface area contributed by atoms with Gasteiger partial charge in [0, 0.05) is 30.9 Å². The van der Waals surface area contributed by atoms with Gasteiger partial charge in [-0.25, -0.2) is 0 Å². The van der Waals surface area contributed by atoms with E-state index in [1.54, 1.807) is 0 Å². The molecule has 2 aromatic rings. The number of aryl methyl sites for hydroxylation is 1. The van der Waals surface area contributed by atoms with Crippen LogP contribution in [0.2, 0.25) is 0 Å². The molecule has 3 atom stereocenters. The first-order valence-corrected chi connectivity index (χ1v) is 7.72. The fourth-order valence-electron chi connectivity index (χ4n) is 3.86. The molecule has 1 saturated carbocycles. The van der Waals surface area contributed by atoms with Crippen LogP contribution < -0.4 is 5.32 Å². The number of allylic oxidation sites excluding steroid dienone is 2. The zero-order valence-electron chi connectivity index (χ0n) is 12.3. The summed E-state index contributed by atoms with van der Waals surface area (Å²) in [5, 5.41) is 4.29. The van der Waals surface area contributed by atoms with E-state index in [9.17, 15) is 4.79 Å². The highest BCUT2D eigenvalue weighted by molar-refractivity contribution is 5.98. The zero-order chi connectivity index (χ0) is 14.4. The van der Waals surface area contributed by atoms with Gasteiger partial charge in [0.1, 0.15) is 0 Å². The minimum Gasteiger partial charge on any atom is -0.352 e. The molecule has 0 aliphatic heterocycles. The molecule has 0 unspecified atom stereocenters. The number of rotatable bonds is 3. The number of benzene rings is 1. The Hall–Kier alpha value is -2.03. The normalized spacial score (nSPS) is 26.6. The third kappa shape index (κ3) is 2.17. The predicted octanol–water partition coefficient (Wildman–Crippen LogP) is 3.12. The van der Waals surface area contributed by atoms with Crippen molar-refractivity contribution in [3.8, 4) is 0 Å². The second-order valence-electron chi connectivity index (χ2n) is 6.45. The molecule has 1 aromatic carbocycles. The van der Waals surface area contributed by atoms with E-state index in [0.717, 1.165) is 23.5 Å². The minimum atomic E-state index is 0.0462. The molecule has 2 aliphatic rings. The van der Waals surface area contributed by atoms with E-state index in [1.807, 2.05) is 36.0 Å². The molecule has 0 saturated heterocycles. The fraction of sp³-hybridized carbons (Fsp3) is 0.389. The van der Waals surface area contributed by atoms with Crippen molar-refractivity contribution in [2.24, 2.45) is 24.8 Å². The Balaban J connectivity index is 1.46.